The van der Waals surface area contributed by atoms with Crippen LogP contribution >= 0.6 is 11.6 Å². The first kappa shape index (κ1) is 24.7. The number of ether oxygens (including phenoxy) is 3. The summed E-state index contributed by atoms with van der Waals surface area (Å²) >= 11 is 5.92. The van der Waals surface area contributed by atoms with E-state index in [1.165, 1.54) is 0 Å². The van der Waals surface area contributed by atoms with E-state index in [1.807, 2.05) is 13.8 Å². The van der Waals surface area contributed by atoms with Gasteiger partial charge >= 0.3 is 11.9 Å². The van der Waals surface area contributed by atoms with Gasteiger partial charge in [0.2, 0.25) is 0 Å². The molecule has 0 bridgehead atoms. The molecule has 10 heteroatoms. The first-order chi connectivity index (χ1) is 13.7. The minimum Gasteiger partial charge on any atom is -0.486 e. The molecule has 2 rings (SSSR count). The minimum atomic E-state index is -1.26. The molecule has 0 fully saturated rings. The lowest BCUT2D eigenvalue weighted by Crippen LogP contribution is -2.37. The van der Waals surface area contributed by atoms with Crippen LogP contribution < -0.4 is 14.8 Å². The van der Waals surface area contributed by atoms with Crippen LogP contribution in [0.2, 0.25) is 5.02 Å². The molecule has 0 saturated carbocycles. The van der Waals surface area contributed by atoms with Crippen molar-refractivity contribution in [2.24, 2.45) is 0 Å². The lowest BCUT2D eigenvalue weighted by Gasteiger charge is -2.26. The van der Waals surface area contributed by atoms with Gasteiger partial charge < -0.3 is 34.8 Å². The van der Waals surface area contributed by atoms with E-state index in [9.17, 15) is 14.7 Å². The Morgan fingerprint density at radius 3 is 2.52 bits per heavy atom. The number of rotatable bonds is 9. The maximum absolute atomic E-state index is 9.74. The quantitative estimate of drug-likeness (QED) is 0.429. The summed E-state index contributed by atoms with van der Waals surface area (Å²) in [5.41, 5.74) is 0. The zero-order valence-corrected chi connectivity index (χ0v) is 17.0. The van der Waals surface area contributed by atoms with Crippen LogP contribution in [-0.4, -0.2) is 71.9 Å². The molecule has 0 radical (unpaired) electrons. The number of aliphatic carboxylic acids is 2. The highest BCUT2D eigenvalue weighted by molar-refractivity contribution is 6.30. The highest BCUT2D eigenvalue weighted by atomic mass is 35.5. The number of carbonyl (C=O) groups is 2. The molecule has 1 heterocycles. The van der Waals surface area contributed by atoms with Crippen LogP contribution in [0, 0.1) is 0 Å². The highest BCUT2D eigenvalue weighted by Gasteiger charge is 2.21. The Balaban J connectivity index is 0.000000447. The van der Waals surface area contributed by atoms with Crippen molar-refractivity contribution in [3.63, 3.8) is 0 Å². The molecule has 0 aromatic heterocycles. The number of benzene rings is 1. The maximum atomic E-state index is 9.74. The molecule has 1 aromatic carbocycles. The molecular weight excluding hydrogens is 406 g/mol. The van der Waals surface area contributed by atoms with Gasteiger partial charge in [-0.25, -0.2) is 9.59 Å². The monoisotopic (exact) mass is 431 g/mol. The van der Waals surface area contributed by atoms with Gasteiger partial charge in [-0.1, -0.05) is 25.4 Å². The van der Waals surface area contributed by atoms with Crippen molar-refractivity contribution in [2.75, 3.05) is 26.4 Å². The van der Waals surface area contributed by atoms with Gasteiger partial charge in [0, 0.05) is 35.8 Å². The van der Waals surface area contributed by atoms with Crippen LogP contribution in [0.15, 0.2) is 30.4 Å². The first-order valence-corrected chi connectivity index (χ1v) is 9.27. The van der Waals surface area contributed by atoms with Crippen LogP contribution in [0.25, 0.3) is 0 Å². The fourth-order valence-corrected chi connectivity index (χ4v) is 2.24. The zero-order valence-electron chi connectivity index (χ0n) is 16.2. The Bertz CT molecular complexity index is 679. The lowest BCUT2D eigenvalue weighted by molar-refractivity contribution is -0.134. The topological polar surface area (TPSA) is 135 Å². The number of carboxylic acid groups (broad SMARTS) is 2. The second-order valence-corrected chi connectivity index (χ2v) is 6.84. The summed E-state index contributed by atoms with van der Waals surface area (Å²) in [7, 11) is 0. The van der Waals surface area contributed by atoms with Gasteiger partial charge in [0.25, 0.3) is 0 Å². The van der Waals surface area contributed by atoms with Crippen LogP contribution in [0.4, 0.5) is 0 Å². The number of nitrogens with one attached hydrogen (secondary N) is 1. The summed E-state index contributed by atoms with van der Waals surface area (Å²) in [5.74, 6) is -1.19. The van der Waals surface area contributed by atoms with Gasteiger partial charge in [-0.05, 0) is 12.1 Å². The standard InChI is InChI=1S/C15H22ClNO4.C4H4O4/c1-10(2)17-6-12(18)7-19-8-13-9-20-14-4-3-11(16)5-15(14)21-13;5-3(6)1-2-4(7)8/h3-5,10,12-13,17-18H,6-9H2,1-2H3;1-2H,(H,5,6)(H,7,8)/b;2-1+. The molecule has 1 aliphatic rings. The third-order valence-corrected chi connectivity index (χ3v) is 3.60. The van der Waals surface area contributed by atoms with Gasteiger partial charge in [0.15, 0.2) is 17.6 Å². The van der Waals surface area contributed by atoms with E-state index >= 15 is 0 Å². The molecule has 0 aliphatic carbocycles. The number of fused-ring (bicyclic) bond motifs is 1. The Labute approximate surface area is 173 Å². The molecule has 2 atom stereocenters. The van der Waals surface area contributed by atoms with Crippen LogP contribution in [0.1, 0.15) is 13.8 Å². The Hall–Kier alpha value is -2.33. The van der Waals surface area contributed by atoms with E-state index in [0.29, 0.717) is 54.5 Å². The zero-order chi connectivity index (χ0) is 21.8. The fraction of sp³-hybridized carbons (Fsp3) is 0.474. The molecule has 0 saturated heterocycles. The third-order valence-electron chi connectivity index (χ3n) is 3.37. The smallest absolute Gasteiger partial charge is 0.328 e. The second kappa shape index (κ2) is 13.0. The van der Waals surface area contributed by atoms with Crippen LogP contribution in [-0.2, 0) is 14.3 Å². The Morgan fingerprint density at radius 1 is 1.28 bits per heavy atom. The average molecular weight is 432 g/mol. The van der Waals surface area contributed by atoms with Gasteiger partial charge in [-0.15, -0.1) is 0 Å². The Morgan fingerprint density at radius 2 is 1.93 bits per heavy atom. The molecule has 29 heavy (non-hydrogen) atoms. The highest BCUT2D eigenvalue weighted by Crippen LogP contribution is 2.33. The SMILES string of the molecule is CC(C)NCC(O)COCC1COc2ccc(Cl)cc2O1.O=C(O)/C=C/C(=O)O. The Kier molecular flexibility index (Phi) is 11.1. The molecule has 1 aromatic rings. The van der Waals surface area contributed by atoms with E-state index in [1.54, 1.807) is 18.2 Å². The largest absolute Gasteiger partial charge is 0.486 e. The first-order valence-electron chi connectivity index (χ1n) is 8.89. The van der Waals surface area contributed by atoms with E-state index in [2.05, 4.69) is 5.32 Å². The van der Waals surface area contributed by atoms with Gasteiger partial charge in [0.05, 0.1) is 19.3 Å². The number of hydrogen-bond acceptors (Lipinski definition) is 7. The predicted molar refractivity (Wildman–Crippen MR) is 106 cm³/mol. The van der Waals surface area contributed by atoms with E-state index in [0.717, 1.165) is 0 Å². The maximum Gasteiger partial charge on any atom is 0.328 e. The molecular formula is C19H26ClNO8. The molecule has 4 N–H and O–H groups in total. The molecule has 0 spiro atoms. The lowest BCUT2D eigenvalue weighted by atomic mass is 10.2. The van der Waals surface area contributed by atoms with Crippen molar-refractivity contribution in [2.45, 2.75) is 32.1 Å². The molecule has 1 aliphatic heterocycles. The van der Waals surface area contributed by atoms with Gasteiger partial charge in [-0.3, -0.25) is 0 Å². The number of hydrogen-bond donors (Lipinski definition) is 4. The van der Waals surface area contributed by atoms with Crippen molar-refractivity contribution in [3.05, 3.63) is 35.4 Å². The summed E-state index contributed by atoms with van der Waals surface area (Å²) in [5, 5.41) is 29.1. The van der Waals surface area contributed by atoms with Crippen molar-refractivity contribution in [3.8, 4) is 11.5 Å². The third kappa shape index (κ3) is 11.3. The number of halogens is 1. The van der Waals surface area contributed by atoms with E-state index < -0.39 is 18.0 Å². The predicted octanol–water partition coefficient (Wildman–Crippen LogP) is 1.57. The van der Waals surface area contributed by atoms with Crippen molar-refractivity contribution in [1.29, 1.82) is 0 Å². The van der Waals surface area contributed by atoms with E-state index in [-0.39, 0.29) is 12.7 Å². The molecule has 9 nitrogen and oxygen atoms in total. The number of aliphatic hydroxyl groups is 1. The van der Waals surface area contributed by atoms with Crippen molar-refractivity contribution in [1.82, 2.24) is 5.32 Å². The summed E-state index contributed by atoms with van der Waals surface area (Å²) in [6, 6.07) is 5.62. The second-order valence-electron chi connectivity index (χ2n) is 6.41. The summed E-state index contributed by atoms with van der Waals surface area (Å²) in [6.07, 6.45) is 0.393. The molecule has 162 valence electrons. The van der Waals surface area contributed by atoms with E-state index in [4.69, 9.17) is 36.0 Å². The number of carboxylic acids is 2. The summed E-state index contributed by atoms with van der Waals surface area (Å²) in [6.45, 7) is 5.63. The summed E-state index contributed by atoms with van der Waals surface area (Å²) in [4.78, 5) is 19.1. The fourth-order valence-electron chi connectivity index (χ4n) is 2.08. The van der Waals surface area contributed by atoms with Crippen molar-refractivity contribution < 1.29 is 39.1 Å². The normalized spacial score (nSPS) is 16.2. The number of aliphatic hydroxyl groups excluding tert-OH is 1. The van der Waals surface area contributed by atoms with Crippen LogP contribution in [0.3, 0.4) is 0 Å². The minimum absolute atomic E-state index is 0.193. The molecule has 0 amide bonds. The van der Waals surface area contributed by atoms with Gasteiger partial charge in [-0.2, -0.15) is 0 Å². The summed E-state index contributed by atoms with van der Waals surface area (Å²) < 4.78 is 16.8. The van der Waals surface area contributed by atoms with Gasteiger partial charge in [0.1, 0.15) is 6.61 Å². The van der Waals surface area contributed by atoms with Crippen molar-refractivity contribution >= 4 is 23.5 Å². The van der Waals surface area contributed by atoms with Crippen LogP contribution in [0.5, 0.6) is 11.5 Å². The average Bonchev–Trinajstić information content (AvgIpc) is 2.65. The molecule has 2 unspecified atom stereocenters.